The number of benzene rings is 2. The van der Waals surface area contributed by atoms with Crippen LogP contribution in [0.2, 0.25) is 0 Å². The Kier molecular flexibility index (Phi) is 17.7. The average molecular weight is 960 g/mol. The number of aromatic nitrogens is 4. The summed E-state index contributed by atoms with van der Waals surface area (Å²) in [6.07, 6.45) is 15.9. The van der Waals surface area contributed by atoms with Crippen LogP contribution in [0.3, 0.4) is 0 Å². The smallest absolute Gasteiger partial charge is 0.123 e. The maximum absolute atomic E-state index is 12.5. The molecule has 278 valence electrons. The van der Waals surface area contributed by atoms with Gasteiger partial charge in [-0.2, -0.15) is 0 Å². The number of hydrogen-bond acceptors (Lipinski definition) is 5. The van der Waals surface area contributed by atoms with Gasteiger partial charge in [0, 0.05) is 47.8 Å². The van der Waals surface area contributed by atoms with Gasteiger partial charge < -0.3 is 15.1 Å². The Bertz CT molecular complexity index is 1870. The molecule has 0 fully saturated rings. The molecular formula is C39H42Br3ClF2N4OS2. The summed E-state index contributed by atoms with van der Waals surface area (Å²) < 4.78 is 26.9. The predicted octanol–water partition coefficient (Wildman–Crippen LogP) is 12.2. The number of rotatable bonds is 6. The van der Waals surface area contributed by atoms with E-state index in [9.17, 15) is 13.9 Å². The number of aromatic amines is 2. The molecule has 4 heterocycles. The van der Waals surface area contributed by atoms with Crippen LogP contribution in [-0.4, -0.2) is 25.0 Å². The number of aliphatic hydroxyl groups excluding tert-OH is 1. The Morgan fingerprint density at radius 1 is 0.808 bits per heavy atom. The summed E-state index contributed by atoms with van der Waals surface area (Å²) in [5.41, 5.74) is 7.05. The summed E-state index contributed by atoms with van der Waals surface area (Å²) in [6, 6.07) is 13.7. The number of thiophene rings is 2. The predicted molar refractivity (Wildman–Crippen MR) is 223 cm³/mol. The van der Waals surface area contributed by atoms with Gasteiger partial charge in [0.1, 0.15) is 11.6 Å². The van der Waals surface area contributed by atoms with Crippen molar-refractivity contribution >= 4 is 82.9 Å². The molecule has 6 aromatic rings. The van der Waals surface area contributed by atoms with Crippen molar-refractivity contribution in [1.29, 1.82) is 0 Å². The molecule has 5 nitrogen and oxygen atoms in total. The van der Waals surface area contributed by atoms with Crippen molar-refractivity contribution in [3.8, 4) is 0 Å². The number of alkyl halides is 1. The van der Waals surface area contributed by atoms with Crippen LogP contribution >= 0.6 is 82.9 Å². The van der Waals surface area contributed by atoms with Gasteiger partial charge in [0.2, 0.25) is 0 Å². The van der Waals surface area contributed by atoms with Gasteiger partial charge in [0.05, 0.1) is 18.8 Å². The van der Waals surface area contributed by atoms with E-state index in [4.69, 9.17) is 0 Å². The van der Waals surface area contributed by atoms with E-state index in [0.717, 1.165) is 69.4 Å². The summed E-state index contributed by atoms with van der Waals surface area (Å²) >= 11 is 13.5. The number of halogens is 6. The van der Waals surface area contributed by atoms with E-state index in [1.807, 2.05) is 30.7 Å². The Morgan fingerprint density at radius 2 is 1.40 bits per heavy atom. The molecule has 0 saturated heterocycles. The molecule has 0 radical (unpaired) electrons. The minimum absolute atomic E-state index is 0. The molecule has 3 atom stereocenters. The lowest BCUT2D eigenvalue weighted by molar-refractivity contribution is 0.0942. The lowest BCUT2D eigenvalue weighted by atomic mass is 9.83. The van der Waals surface area contributed by atoms with Crippen LogP contribution in [0.4, 0.5) is 8.78 Å². The maximum atomic E-state index is 12.5. The number of nitrogens with one attached hydrogen (secondary N) is 2. The average Bonchev–Trinajstić information content (AvgIpc) is 3.98. The van der Waals surface area contributed by atoms with Crippen LogP contribution in [0.1, 0.15) is 69.3 Å². The monoisotopic (exact) mass is 956 g/mol. The van der Waals surface area contributed by atoms with Gasteiger partial charge >= 0.3 is 0 Å². The molecule has 0 amide bonds. The third-order valence-electron chi connectivity index (χ3n) is 9.05. The summed E-state index contributed by atoms with van der Waals surface area (Å²) in [7, 11) is 0. The van der Waals surface area contributed by atoms with Crippen molar-refractivity contribution < 1.29 is 13.9 Å². The van der Waals surface area contributed by atoms with Gasteiger partial charge in [-0.3, -0.25) is 0 Å². The van der Waals surface area contributed by atoms with Gasteiger partial charge in [0.15, 0.2) is 0 Å². The highest BCUT2D eigenvalue weighted by atomic mass is 79.9. The molecule has 0 aliphatic heterocycles. The van der Waals surface area contributed by atoms with Crippen molar-refractivity contribution in [2.75, 3.05) is 0 Å². The van der Waals surface area contributed by atoms with Crippen LogP contribution in [0.15, 0.2) is 93.3 Å². The highest BCUT2D eigenvalue weighted by molar-refractivity contribution is 9.11. The lowest BCUT2D eigenvalue weighted by Crippen LogP contribution is -2.21. The van der Waals surface area contributed by atoms with Gasteiger partial charge in [-0.15, -0.1) is 35.1 Å². The van der Waals surface area contributed by atoms with E-state index >= 15 is 0 Å². The van der Waals surface area contributed by atoms with E-state index in [0.29, 0.717) is 11.2 Å². The topological polar surface area (TPSA) is 77.6 Å². The molecule has 0 bridgehead atoms. The van der Waals surface area contributed by atoms with Gasteiger partial charge in [0.25, 0.3) is 0 Å². The fraction of sp³-hybridized carbons (Fsp3) is 0.333. The highest BCUT2D eigenvalue weighted by Crippen LogP contribution is 2.38. The molecule has 8 rings (SSSR count). The number of hydrogen-bond donors (Lipinski definition) is 3. The number of aliphatic hydroxyl groups is 1. The van der Waals surface area contributed by atoms with E-state index in [-0.39, 0.29) is 30.1 Å². The molecule has 2 aliphatic rings. The fourth-order valence-corrected chi connectivity index (χ4v) is 9.92. The molecule has 4 aromatic heterocycles. The molecule has 2 aromatic carbocycles. The molecule has 3 N–H and O–H groups in total. The van der Waals surface area contributed by atoms with Crippen molar-refractivity contribution in [1.82, 2.24) is 19.9 Å². The Balaban J connectivity index is 0.000000158. The standard InChI is InChI=1S/C12H14N2OS.C12H14N2S.C8H8BrF.C7H5Br2F.ClH/c15-12-8(5-9-6-13-7-14-9)1-2-11-10(12)3-4-16-11;1-2-12-10(3-4-15-12)5-9(1)6-11-7-13-8-14-11;1-2-6-5-7(10)3-4-8(6)9;8-4-5-3-6(10)1-2-7(5)9;/h3-4,6-8,12,15H,1-2,5H2,(H,13,14);3-4,7-9H,1-2,5-6H2,(H,13,14);3-5H,2H2,1H3;1-3H,4H2;1H. The molecule has 52 heavy (non-hydrogen) atoms. The first kappa shape index (κ1) is 42.6. The van der Waals surface area contributed by atoms with E-state index in [2.05, 4.69) is 90.6 Å². The van der Waals surface area contributed by atoms with Crippen molar-refractivity contribution in [3.05, 3.63) is 148 Å². The summed E-state index contributed by atoms with van der Waals surface area (Å²) in [5.74, 6) is 0.757. The minimum atomic E-state index is -0.307. The Labute approximate surface area is 343 Å². The highest BCUT2D eigenvalue weighted by Gasteiger charge is 2.29. The number of aryl methyl sites for hydroxylation is 3. The third-order valence-corrected chi connectivity index (χ3v) is 13.2. The zero-order valence-corrected chi connectivity index (χ0v) is 35.8. The van der Waals surface area contributed by atoms with Crippen molar-refractivity contribution in [2.45, 2.75) is 69.7 Å². The first-order valence-electron chi connectivity index (χ1n) is 16.9. The molecule has 3 unspecified atom stereocenters. The molecule has 0 spiro atoms. The van der Waals surface area contributed by atoms with Crippen LogP contribution in [0.25, 0.3) is 0 Å². The van der Waals surface area contributed by atoms with Crippen LogP contribution < -0.4 is 0 Å². The number of nitrogens with zero attached hydrogens (tertiary/aromatic N) is 2. The Hall–Kier alpha value is -2.19. The van der Waals surface area contributed by atoms with Crippen LogP contribution in [-0.2, 0) is 43.9 Å². The molecule has 0 saturated carbocycles. The normalized spacial score (nSPS) is 17.1. The molecule has 13 heteroatoms. The van der Waals surface area contributed by atoms with E-state index in [1.54, 1.807) is 52.6 Å². The largest absolute Gasteiger partial charge is 0.388 e. The van der Waals surface area contributed by atoms with Crippen LogP contribution in [0, 0.1) is 23.5 Å². The number of imidazole rings is 2. The summed E-state index contributed by atoms with van der Waals surface area (Å²) in [5, 5.41) is 15.3. The van der Waals surface area contributed by atoms with E-state index in [1.165, 1.54) is 48.0 Å². The SMILES string of the molecule is CCc1cc(F)ccc1Br.Cl.Fc1ccc(Br)c(CBr)c1.OC1c2ccsc2CCC1Cc1cnc[nH]1.c1ncc(CC2CCc3sccc3C2)[nH]1. The van der Waals surface area contributed by atoms with Crippen molar-refractivity contribution in [3.63, 3.8) is 0 Å². The zero-order chi connectivity index (χ0) is 36.2. The molecular weight excluding hydrogens is 918 g/mol. The Morgan fingerprint density at radius 3 is 2.00 bits per heavy atom. The second-order valence-electron chi connectivity index (χ2n) is 12.5. The molecule has 2 aliphatic carbocycles. The lowest BCUT2D eigenvalue weighted by Gasteiger charge is -2.27. The van der Waals surface area contributed by atoms with Crippen LogP contribution in [0.5, 0.6) is 0 Å². The second-order valence-corrected chi connectivity index (χ2v) is 16.8. The third kappa shape index (κ3) is 12.4. The zero-order valence-electron chi connectivity index (χ0n) is 28.6. The quantitative estimate of drug-likeness (QED) is 0.146. The summed E-state index contributed by atoms with van der Waals surface area (Å²) in [6.45, 7) is 2.00. The maximum Gasteiger partial charge on any atom is 0.123 e. The second kappa shape index (κ2) is 21.6. The first-order valence-corrected chi connectivity index (χ1v) is 21.4. The van der Waals surface area contributed by atoms with Crippen molar-refractivity contribution in [2.24, 2.45) is 11.8 Å². The fourth-order valence-electron chi connectivity index (χ4n) is 6.30. The summed E-state index contributed by atoms with van der Waals surface area (Å²) in [4.78, 5) is 17.3. The van der Waals surface area contributed by atoms with Gasteiger partial charge in [-0.05, 0) is 145 Å². The van der Waals surface area contributed by atoms with E-state index < -0.39 is 0 Å². The van der Waals surface area contributed by atoms with Gasteiger partial charge in [-0.1, -0.05) is 54.7 Å². The number of fused-ring (bicyclic) bond motifs is 2. The van der Waals surface area contributed by atoms with Gasteiger partial charge in [-0.25, -0.2) is 18.7 Å². The first-order chi connectivity index (χ1) is 24.7. The number of H-pyrrole nitrogens is 2. The minimum Gasteiger partial charge on any atom is -0.388 e.